The maximum Gasteiger partial charge on any atom is 0.262 e. The fraction of sp³-hybridized carbons (Fsp3) is 0.423. The number of rotatable bonds is 9. The van der Waals surface area contributed by atoms with E-state index in [1.54, 1.807) is 0 Å². The normalized spacial score (nSPS) is 11.5. The van der Waals surface area contributed by atoms with Gasteiger partial charge in [0.05, 0.1) is 10.9 Å². The standard InChI is InChI=1S/C26H35N5O2/c1-6-14-27-15-16-30(5)20-12-13-22-21(17-20)25(33)31(18-23(32)29-26(2,3)4)24(28-22)19-10-8-7-9-11-19/h7-13,17,27H,6,14-16,18H2,1-5H3,(H,29,32). The maximum absolute atomic E-state index is 13.6. The molecule has 0 radical (unpaired) electrons. The Kier molecular flexibility index (Phi) is 7.87. The van der Waals surface area contributed by atoms with Crippen LogP contribution >= 0.6 is 0 Å². The molecule has 1 heterocycles. The Morgan fingerprint density at radius 2 is 1.82 bits per heavy atom. The quantitative estimate of drug-likeness (QED) is 0.490. The number of hydrogen-bond donors (Lipinski definition) is 2. The van der Waals surface area contributed by atoms with Gasteiger partial charge in [0.25, 0.3) is 5.56 Å². The van der Waals surface area contributed by atoms with Crippen LogP contribution in [-0.4, -0.2) is 47.7 Å². The monoisotopic (exact) mass is 449 g/mol. The third-order valence-corrected chi connectivity index (χ3v) is 5.28. The number of carbonyl (C=O) groups excluding carboxylic acids is 1. The van der Waals surface area contributed by atoms with Crippen molar-refractivity contribution in [2.45, 2.75) is 46.2 Å². The van der Waals surface area contributed by atoms with Crippen molar-refractivity contribution in [2.75, 3.05) is 31.6 Å². The first-order valence-electron chi connectivity index (χ1n) is 11.5. The Morgan fingerprint density at radius 3 is 2.48 bits per heavy atom. The Morgan fingerprint density at radius 1 is 1.09 bits per heavy atom. The third-order valence-electron chi connectivity index (χ3n) is 5.28. The van der Waals surface area contributed by atoms with E-state index in [1.807, 2.05) is 76.3 Å². The van der Waals surface area contributed by atoms with Crippen molar-refractivity contribution in [3.8, 4) is 11.4 Å². The van der Waals surface area contributed by atoms with Crippen LogP contribution in [0.2, 0.25) is 0 Å². The zero-order valence-corrected chi connectivity index (χ0v) is 20.3. The minimum atomic E-state index is -0.389. The molecule has 2 N–H and O–H groups in total. The molecule has 7 nitrogen and oxygen atoms in total. The summed E-state index contributed by atoms with van der Waals surface area (Å²) in [5.74, 6) is 0.264. The molecular formula is C26H35N5O2. The third kappa shape index (κ3) is 6.42. The van der Waals surface area contributed by atoms with Crippen molar-refractivity contribution < 1.29 is 4.79 Å². The van der Waals surface area contributed by atoms with Gasteiger partial charge in [-0.25, -0.2) is 4.98 Å². The second-order valence-corrected chi connectivity index (χ2v) is 9.36. The number of aromatic nitrogens is 2. The van der Waals surface area contributed by atoms with Crippen molar-refractivity contribution >= 4 is 22.5 Å². The van der Waals surface area contributed by atoms with E-state index < -0.39 is 0 Å². The Hall–Kier alpha value is -3.19. The number of nitrogens with zero attached hydrogens (tertiary/aromatic N) is 3. The van der Waals surface area contributed by atoms with E-state index in [9.17, 15) is 9.59 Å². The molecule has 33 heavy (non-hydrogen) atoms. The summed E-state index contributed by atoms with van der Waals surface area (Å²) in [5, 5.41) is 6.84. The Bertz CT molecular complexity index is 1150. The van der Waals surface area contributed by atoms with E-state index in [0.29, 0.717) is 16.7 Å². The summed E-state index contributed by atoms with van der Waals surface area (Å²) < 4.78 is 1.48. The first-order valence-corrected chi connectivity index (χ1v) is 11.5. The molecule has 0 spiro atoms. The lowest BCUT2D eigenvalue weighted by Crippen LogP contribution is -2.43. The van der Waals surface area contributed by atoms with Crippen LogP contribution in [0.5, 0.6) is 0 Å². The highest BCUT2D eigenvalue weighted by atomic mass is 16.2. The van der Waals surface area contributed by atoms with Gasteiger partial charge < -0.3 is 15.5 Å². The largest absolute Gasteiger partial charge is 0.373 e. The molecule has 0 unspecified atom stereocenters. The van der Waals surface area contributed by atoms with Crippen LogP contribution in [-0.2, 0) is 11.3 Å². The summed E-state index contributed by atoms with van der Waals surface area (Å²) >= 11 is 0. The fourth-order valence-electron chi connectivity index (χ4n) is 3.68. The van der Waals surface area contributed by atoms with Crippen molar-refractivity contribution in [3.05, 3.63) is 58.9 Å². The van der Waals surface area contributed by atoms with Gasteiger partial charge >= 0.3 is 0 Å². The van der Waals surface area contributed by atoms with Gasteiger partial charge in [0, 0.05) is 36.9 Å². The van der Waals surface area contributed by atoms with E-state index >= 15 is 0 Å². The lowest BCUT2D eigenvalue weighted by Gasteiger charge is -2.22. The van der Waals surface area contributed by atoms with Gasteiger partial charge in [-0.2, -0.15) is 0 Å². The Balaban J connectivity index is 2.03. The van der Waals surface area contributed by atoms with Gasteiger partial charge in [0.2, 0.25) is 5.91 Å². The molecule has 0 saturated heterocycles. The van der Waals surface area contributed by atoms with Gasteiger partial charge in [-0.05, 0) is 51.9 Å². The van der Waals surface area contributed by atoms with Crippen LogP contribution < -0.4 is 21.1 Å². The average Bonchev–Trinajstić information content (AvgIpc) is 2.77. The molecule has 0 aliphatic carbocycles. The van der Waals surface area contributed by atoms with E-state index in [1.165, 1.54) is 4.57 Å². The molecule has 7 heteroatoms. The van der Waals surface area contributed by atoms with Crippen LogP contribution in [0.25, 0.3) is 22.3 Å². The molecular weight excluding hydrogens is 414 g/mol. The van der Waals surface area contributed by atoms with Crippen LogP contribution in [0.15, 0.2) is 53.3 Å². The number of hydrogen-bond acceptors (Lipinski definition) is 5. The summed E-state index contributed by atoms with van der Waals surface area (Å²) in [7, 11) is 2.01. The van der Waals surface area contributed by atoms with Gasteiger partial charge in [-0.15, -0.1) is 0 Å². The first kappa shape index (κ1) is 24.5. The zero-order valence-electron chi connectivity index (χ0n) is 20.3. The predicted octanol–water partition coefficient (Wildman–Crippen LogP) is 3.41. The van der Waals surface area contributed by atoms with Crippen molar-refractivity contribution in [1.82, 2.24) is 20.2 Å². The smallest absolute Gasteiger partial charge is 0.262 e. The van der Waals surface area contributed by atoms with E-state index in [-0.39, 0.29) is 23.6 Å². The molecule has 0 bridgehead atoms. The molecule has 176 valence electrons. The molecule has 1 aromatic heterocycles. The summed E-state index contributed by atoms with van der Waals surface area (Å²) in [6.07, 6.45) is 1.09. The summed E-state index contributed by atoms with van der Waals surface area (Å²) in [5.41, 5.74) is 1.75. The maximum atomic E-state index is 13.6. The molecule has 0 aliphatic heterocycles. The molecule has 2 aromatic carbocycles. The summed E-state index contributed by atoms with van der Waals surface area (Å²) in [4.78, 5) is 33.3. The fourth-order valence-corrected chi connectivity index (χ4v) is 3.68. The number of nitrogens with one attached hydrogen (secondary N) is 2. The highest BCUT2D eigenvalue weighted by Gasteiger charge is 2.19. The SMILES string of the molecule is CCCNCCN(C)c1ccc2nc(-c3ccccc3)n(CC(=O)NC(C)(C)C)c(=O)c2c1. The van der Waals surface area contributed by atoms with Crippen LogP contribution in [0.3, 0.4) is 0 Å². The Labute approximate surface area is 195 Å². The van der Waals surface area contributed by atoms with Crippen LogP contribution in [0.4, 0.5) is 5.69 Å². The van der Waals surface area contributed by atoms with Gasteiger partial charge in [0.1, 0.15) is 12.4 Å². The lowest BCUT2D eigenvalue weighted by atomic mass is 10.1. The summed E-state index contributed by atoms with van der Waals surface area (Å²) in [6, 6.07) is 15.3. The highest BCUT2D eigenvalue weighted by Crippen LogP contribution is 2.22. The van der Waals surface area contributed by atoms with Gasteiger partial charge in [-0.3, -0.25) is 14.2 Å². The topological polar surface area (TPSA) is 79.3 Å². The lowest BCUT2D eigenvalue weighted by molar-refractivity contribution is -0.123. The van der Waals surface area contributed by atoms with Crippen molar-refractivity contribution in [3.63, 3.8) is 0 Å². The number of amides is 1. The van der Waals surface area contributed by atoms with Gasteiger partial charge in [-0.1, -0.05) is 37.3 Å². The summed E-state index contributed by atoms with van der Waals surface area (Å²) in [6.45, 7) is 10.5. The molecule has 3 aromatic rings. The van der Waals surface area contributed by atoms with Gasteiger partial charge in [0.15, 0.2) is 0 Å². The van der Waals surface area contributed by atoms with Crippen LogP contribution in [0.1, 0.15) is 34.1 Å². The minimum Gasteiger partial charge on any atom is -0.373 e. The molecule has 3 rings (SSSR count). The van der Waals surface area contributed by atoms with Crippen molar-refractivity contribution in [2.24, 2.45) is 0 Å². The molecule has 0 saturated carbocycles. The van der Waals surface area contributed by atoms with E-state index in [2.05, 4.69) is 22.5 Å². The average molecular weight is 450 g/mol. The molecule has 0 fully saturated rings. The van der Waals surface area contributed by atoms with Crippen molar-refractivity contribution in [1.29, 1.82) is 0 Å². The highest BCUT2D eigenvalue weighted by molar-refractivity contribution is 5.84. The number of benzene rings is 2. The minimum absolute atomic E-state index is 0.0930. The van der Waals surface area contributed by atoms with E-state index in [0.717, 1.165) is 37.3 Å². The first-order chi connectivity index (χ1) is 15.7. The zero-order chi connectivity index (χ0) is 24.0. The second kappa shape index (κ2) is 10.6. The molecule has 0 aliphatic rings. The number of likely N-dealkylation sites (N-methyl/N-ethyl adjacent to an activating group) is 1. The number of carbonyl (C=O) groups is 1. The number of fused-ring (bicyclic) bond motifs is 1. The second-order valence-electron chi connectivity index (χ2n) is 9.36. The predicted molar refractivity (Wildman–Crippen MR) is 136 cm³/mol. The van der Waals surface area contributed by atoms with Crippen LogP contribution in [0, 0.1) is 0 Å². The number of anilines is 1. The van der Waals surface area contributed by atoms with E-state index in [4.69, 9.17) is 4.98 Å². The molecule has 1 amide bonds. The molecule has 0 atom stereocenters.